The van der Waals surface area contributed by atoms with Crippen molar-refractivity contribution in [2.75, 3.05) is 45.3 Å². The number of morpholine rings is 1. The summed E-state index contributed by atoms with van der Waals surface area (Å²) < 4.78 is 10.8. The van der Waals surface area contributed by atoms with Crippen LogP contribution < -0.4 is 10.5 Å². The Morgan fingerprint density at radius 2 is 2.15 bits per heavy atom. The van der Waals surface area contributed by atoms with E-state index in [0.29, 0.717) is 37.7 Å². The van der Waals surface area contributed by atoms with Crippen molar-refractivity contribution < 1.29 is 19.7 Å². The molecule has 0 saturated carbocycles. The first-order chi connectivity index (χ1) is 9.69. The molecule has 6 nitrogen and oxygen atoms in total. The molecule has 20 heavy (non-hydrogen) atoms. The van der Waals surface area contributed by atoms with E-state index in [9.17, 15) is 10.2 Å². The number of benzene rings is 1. The Bertz CT molecular complexity index is 399. The second kappa shape index (κ2) is 7.44. The van der Waals surface area contributed by atoms with Crippen molar-refractivity contribution in [3.05, 3.63) is 24.3 Å². The first kappa shape index (κ1) is 15.1. The number of rotatable bonds is 6. The Morgan fingerprint density at radius 1 is 1.40 bits per heavy atom. The molecule has 2 atom stereocenters. The fraction of sp³-hybridized carbons (Fsp3) is 0.571. The minimum absolute atomic E-state index is 0.0333. The first-order valence-electron chi connectivity index (χ1n) is 6.78. The van der Waals surface area contributed by atoms with Gasteiger partial charge in [-0.3, -0.25) is 4.90 Å². The fourth-order valence-corrected chi connectivity index (χ4v) is 2.18. The normalized spacial score (nSPS) is 21.6. The Morgan fingerprint density at radius 3 is 2.85 bits per heavy atom. The number of anilines is 1. The lowest BCUT2D eigenvalue weighted by Gasteiger charge is -2.35. The van der Waals surface area contributed by atoms with E-state index >= 15 is 0 Å². The lowest BCUT2D eigenvalue weighted by molar-refractivity contribution is -0.0480. The van der Waals surface area contributed by atoms with Crippen LogP contribution in [-0.2, 0) is 4.74 Å². The number of nitrogens with two attached hydrogens (primary N) is 1. The summed E-state index contributed by atoms with van der Waals surface area (Å²) in [7, 11) is 0. The largest absolute Gasteiger partial charge is 0.491 e. The summed E-state index contributed by atoms with van der Waals surface area (Å²) >= 11 is 0. The predicted octanol–water partition coefficient (Wildman–Crippen LogP) is -0.298. The third-order valence-electron chi connectivity index (χ3n) is 3.33. The van der Waals surface area contributed by atoms with Gasteiger partial charge in [0.05, 0.1) is 25.9 Å². The molecule has 1 aromatic carbocycles. The highest BCUT2D eigenvalue weighted by molar-refractivity contribution is 5.41. The Balaban J connectivity index is 1.76. The standard InChI is InChI=1S/C14H22N2O4/c15-11-1-3-14(4-2-11)20-10-13(18)7-16-5-6-19-9-12(16)8-17/h1-4,12-13,17-18H,5-10,15H2. The molecule has 0 spiro atoms. The maximum atomic E-state index is 10.0. The Hall–Kier alpha value is -1.34. The Kier molecular flexibility index (Phi) is 5.60. The SMILES string of the molecule is Nc1ccc(OCC(O)CN2CCOCC2CO)cc1. The van der Waals surface area contributed by atoms with Gasteiger partial charge in [-0.25, -0.2) is 0 Å². The van der Waals surface area contributed by atoms with E-state index < -0.39 is 6.10 Å². The highest BCUT2D eigenvalue weighted by atomic mass is 16.5. The highest BCUT2D eigenvalue weighted by Gasteiger charge is 2.24. The van der Waals surface area contributed by atoms with E-state index in [2.05, 4.69) is 0 Å². The summed E-state index contributed by atoms with van der Waals surface area (Å²) in [5, 5.41) is 19.3. The van der Waals surface area contributed by atoms with Crippen LogP contribution in [0.2, 0.25) is 0 Å². The molecule has 4 N–H and O–H groups in total. The summed E-state index contributed by atoms with van der Waals surface area (Å²) in [5.74, 6) is 0.680. The molecule has 1 saturated heterocycles. The number of aliphatic hydroxyl groups is 2. The van der Waals surface area contributed by atoms with Crippen molar-refractivity contribution in [2.24, 2.45) is 0 Å². The van der Waals surface area contributed by atoms with Crippen LogP contribution in [0.5, 0.6) is 5.75 Å². The van der Waals surface area contributed by atoms with E-state index in [1.165, 1.54) is 0 Å². The molecule has 1 fully saturated rings. The zero-order chi connectivity index (χ0) is 14.4. The molecule has 0 bridgehead atoms. The van der Waals surface area contributed by atoms with Gasteiger partial charge in [0.25, 0.3) is 0 Å². The molecule has 0 aliphatic carbocycles. The van der Waals surface area contributed by atoms with Gasteiger partial charge < -0.3 is 25.4 Å². The zero-order valence-electron chi connectivity index (χ0n) is 11.4. The average Bonchev–Trinajstić information content (AvgIpc) is 2.47. The van der Waals surface area contributed by atoms with Gasteiger partial charge in [0.15, 0.2) is 0 Å². The molecule has 0 aromatic heterocycles. The molecule has 6 heteroatoms. The van der Waals surface area contributed by atoms with E-state index in [-0.39, 0.29) is 19.3 Å². The second-order valence-electron chi connectivity index (χ2n) is 4.94. The molecule has 0 amide bonds. The number of nitrogens with zero attached hydrogens (tertiary/aromatic N) is 1. The number of β-amino-alcohol motifs (C(OH)–C–C–N with tert-alkyl or cyclic N) is 1. The summed E-state index contributed by atoms with van der Waals surface area (Å²) in [6, 6.07) is 7.01. The van der Waals surface area contributed by atoms with Crippen LogP contribution in [0.4, 0.5) is 5.69 Å². The van der Waals surface area contributed by atoms with Crippen molar-refractivity contribution in [3.8, 4) is 5.75 Å². The number of hydrogen-bond donors (Lipinski definition) is 3. The molecule has 2 rings (SSSR count). The second-order valence-corrected chi connectivity index (χ2v) is 4.94. The predicted molar refractivity (Wildman–Crippen MR) is 75.6 cm³/mol. The fourth-order valence-electron chi connectivity index (χ4n) is 2.18. The van der Waals surface area contributed by atoms with Gasteiger partial charge in [-0.1, -0.05) is 0 Å². The third kappa shape index (κ3) is 4.35. The Labute approximate surface area is 118 Å². The van der Waals surface area contributed by atoms with E-state index in [1.54, 1.807) is 24.3 Å². The molecule has 112 valence electrons. The molecule has 1 heterocycles. The molecule has 1 aromatic rings. The molecule has 1 aliphatic rings. The average molecular weight is 282 g/mol. The maximum absolute atomic E-state index is 10.0. The van der Waals surface area contributed by atoms with Crippen LogP contribution in [0, 0.1) is 0 Å². The van der Waals surface area contributed by atoms with Gasteiger partial charge >= 0.3 is 0 Å². The van der Waals surface area contributed by atoms with Gasteiger partial charge in [-0.05, 0) is 24.3 Å². The lowest BCUT2D eigenvalue weighted by Crippen LogP contribution is -2.50. The molecular formula is C14H22N2O4. The number of hydrogen-bond acceptors (Lipinski definition) is 6. The van der Waals surface area contributed by atoms with Crippen LogP contribution in [0.15, 0.2) is 24.3 Å². The quantitative estimate of drug-likeness (QED) is 0.621. The van der Waals surface area contributed by atoms with E-state index in [4.69, 9.17) is 15.2 Å². The zero-order valence-corrected chi connectivity index (χ0v) is 11.4. The van der Waals surface area contributed by atoms with Gasteiger partial charge in [0.1, 0.15) is 18.5 Å². The summed E-state index contributed by atoms with van der Waals surface area (Å²) in [6.07, 6.45) is -0.611. The van der Waals surface area contributed by atoms with Gasteiger partial charge in [-0.2, -0.15) is 0 Å². The third-order valence-corrected chi connectivity index (χ3v) is 3.33. The molecule has 0 radical (unpaired) electrons. The van der Waals surface area contributed by atoms with Crippen molar-refractivity contribution in [1.82, 2.24) is 4.90 Å². The van der Waals surface area contributed by atoms with Crippen LogP contribution in [0.3, 0.4) is 0 Å². The van der Waals surface area contributed by atoms with E-state index in [1.807, 2.05) is 4.90 Å². The number of ether oxygens (including phenoxy) is 2. The molecular weight excluding hydrogens is 260 g/mol. The smallest absolute Gasteiger partial charge is 0.119 e. The van der Waals surface area contributed by atoms with Gasteiger partial charge in [-0.15, -0.1) is 0 Å². The van der Waals surface area contributed by atoms with E-state index in [0.717, 1.165) is 0 Å². The van der Waals surface area contributed by atoms with Crippen LogP contribution >= 0.6 is 0 Å². The summed E-state index contributed by atoms with van der Waals surface area (Å²) in [4.78, 5) is 2.03. The minimum atomic E-state index is -0.611. The minimum Gasteiger partial charge on any atom is -0.491 e. The van der Waals surface area contributed by atoms with Crippen LogP contribution in [0.1, 0.15) is 0 Å². The van der Waals surface area contributed by atoms with Crippen molar-refractivity contribution in [1.29, 1.82) is 0 Å². The van der Waals surface area contributed by atoms with Crippen molar-refractivity contribution >= 4 is 5.69 Å². The van der Waals surface area contributed by atoms with Crippen LogP contribution in [-0.4, -0.2) is 66.8 Å². The summed E-state index contributed by atoms with van der Waals surface area (Å²) in [5.41, 5.74) is 6.27. The van der Waals surface area contributed by atoms with Crippen molar-refractivity contribution in [3.63, 3.8) is 0 Å². The monoisotopic (exact) mass is 282 g/mol. The van der Waals surface area contributed by atoms with Crippen LogP contribution in [0.25, 0.3) is 0 Å². The van der Waals surface area contributed by atoms with Gasteiger partial charge in [0.2, 0.25) is 0 Å². The highest BCUT2D eigenvalue weighted by Crippen LogP contribution is 2.14. The number of aliphatic hydroxyl groups excluding tert-OH is 2. The summed E-state index contributed by atoms with van der Waals surface area (Å²) in [6.45, 7) is 2.54. The van der Waals surface area contributed by atoms with Crippen molar-refractivity contribution in [2.45, 2.75) is 12.1 Å². The maximum Gasteiger partial charge on any atom is 0.119 e. The first-order valence-corrected chi connectivity index (χ1v) is 6.78. The molecule has 1 aliphatic heterocycles. The van der Waals surface area contributed by atoms with Gasteiger partial charge in [0, 0.05) is 18.8 Å². The molecule has 2 unspecified atom stereocenters. The number of nitrogen functional groups attached to an aromatic ring is 1. The lowest BCUT2D eigenvalue weighted by atomic mass is 10.2. The topological polar surface area (TPSA) is 88.2 Å².